The summed E-state index contributed by atoms with van der Waals surface area (Å²) >= 11 is 0. The van der Waals surface area contributed by atoms with Gasteiger partial charge in [-0.2, -0.15) is 5.10 Å². The zero-order chi connectivity index (χ0) is 20.2. The number of nitrogens with one attached hydrogen (secondary N) is 1. The molecule has 0 spiro atoms. The maximum Gasteiger partial charge on any atom is 0.271 e. The van der Waals surface area contributed by atoms with Crippen molar-refractivity contribution in [3.8, 4) is 17.2 Å². The molecule has 2 rings (SSSR count). The second-order valence-electron chi connectivity index (χ2n) is 5.59. The number of carbonyl (C=O) groups is 1. The Kier molecular flexibility index (Phi) is 8.59. The van der Waals surface area contributed by atoms with Crippen LogP contribution in [-0.2, 0) is 0 Å². The van der Waals surface area contributed by atoms with Crippen molar-refractivity contribution in [2.75, 3.05) is 19.8 Å². The predicted octanol–water partition coefficient (Wildman–Crippen LogP) is 4.31. The first-order chi connectivity index (χ1) is 13.7. The average Bonchev–Trinajstić information content (AvgIpc) is 2.71. The molecule has 2 aromatic rings. The van der Waals surface area contributed by atoms with Gasteiger partial charge in [0.25, 0.3) is 5.91 Å². The third-order valence-electron chi connectivity index (χ3n) is 3.59. The van der Waals surface area contributed by atoms with Crippen LogP contribution in [0, 0.1) is 0 Å². The Labute approximate surface area is 165 Å². The highest BCUT2D eigenvalue weighted by Crippen LogP contribution is 2.39. The fourth-order valence-electron chi connectivity index (χ4n) is 2.44. The molecule has 0 unspecified atom stereocenters. The van der Waals surface area contributed by atoms with Crippen molar-refractivity contribution in [1.29, 1.82) is 0 Å². The zero-order valence-electron chi connectivity index (χ0n) is 16.5. The van der Waals surface area contributed by atoms with Crippen LogP contribution in [0.15, 0.2) is 53.6 Å². The lowest BCUT2D eigenvalue weighted by atomic mass is 10.1. The number of ether oxygens (including phenoxy) is 3. The van der Waals surface area contributed by atoms with E-state index in [0.29, 0.717) is 42.6 Å². The van der Waals surface area contributed by atoms with Gasteiger partial charge in [-0.3, -0.25) is 4.79 Å². The van der Waals surface area contributed by atoms with Crippen molar-refractivity contribution in [2.24, 2.45) is 5.10 Å². The molecule has 0 saturated carbocycles. The molecular formula is C22H26N2O4. The van der Waals surface area contributed by atoms with E-state index in [1.54, 1.807) is 18.2 Å². The Balaban J connectivity index is 2.12. The van der Waals surface area contributed by atoms with E-state index in [2.05, 4.69) is 10.5 Å². The van der Waals surface area contributed by atoms with Gasteiger partial charge < -0.3 is 14.2 Å². The summed E-state index contributed by atoms with van der Waals surface area (Å²) in [7, 11) is 0. The molecule has 0 bridgehead atoms. The van der Waals surface area contributed by atoms with Crippen molar-refractivity contribution in [1.82, 2.24) is 5.43 Å². The van der Waals surface area contributed by atoms with Gasteiger partial charge in [0.15, 0.2) is 11.5 Å². The van der Waals surface area contributed by atoms with E-state index >= 15 is 0 Å². The number of benzene rings is 2. The largest absolute Gasteiger partial charge is 0.490 e. The van der Waals surface area contributed by atoms with Gasteiger partial charge in [-0.05, 0) is 44.5 Å². The molecule has 6 heteroatoms. The molecular weight excluding hydrogens is 356 g/mol. The van der Waals surface area contributed by atoms with E-state index < -0.39 is 0 Å². The standard InChI is InChI=1S/C22H26N2O4/c1-4-26-19-15-18(16-20(27-5-2)21(19)28-6-3)22(25)24-23-14-10-13-17-11-8-7-9-12-17/h7-16H,4-6H2,1-3H3,(H,24,25). The first-order valence-corrected chi connectivity index (χ1v) is 9.31. The molecule has 0 radical (unpaired) electrons. The Morgan fingerprint density at radius 3 is 2.14 bits per heavy atom. The molecule has 2 aromatic carbocycles. The number of hydrogen-bond donors (Lipinski definition) is 1. The summed E-state index contributed by atoms with van der Waals surface area (Å²) < 4.78 is 16.9. The Morgan fingerprint density at radius 2 is 1.57 bits per heavy atom. The van der Waals surface area contributed by atoms with E-state index in [1.165, 1.54) is 6.21 Å². The van der Waals surface area contributed by atoms with Gasteiger partial charge in [0, 0.05) is 11.8 Å². The van der Waals surface area contributed by atoms with Gasteiger partial charge >= 0.3 is 0 Å². The SMILES string of the molecule is CCOc1cc(C(=O)NN=CC=Cc2ccccc2)cc(OCC)c1OCC. The minimum absolute atomic E-state index is 0.366. The lowest BCUT2D eigenvalue weighted by Gasteiger charge is -2.16. The van der Waals surface area contributed by atoms with Gasteiger partial charge in [0.05, 0.1) is 19.8 Å². The highest BCUT2D eigenvalue weighted by Gasteiger charge is 2.18. The summed E-state index contributed by atoms with van der Waals surface area (Å²) in [5, 5.41) is 3.95. The Hall–Kier alpha value is -3.28. The minimum Gasteiger partial charge on any atom is -0.490 e. The number of nitrogens with zero attached hydrogens (tertiary/aromatic N) is 1. The third kappa shape index (κ3) is 6.16. The number of allylic oxidation sites excluding steroid dienone is 1. The van der Waals surface area contributed by atoms with Crippen LogP contribution in [0.4, 0.5) is 0 Å². The summed E-state index contributed by atoms with van der Waals surface area (Å²) in [6.45, 7) is 6.96. The highest BCUT2D eigenvalue weighted by molar-refractivity contribution is 5.96. The molecule has 0 aliphatic rings. The quantitative estimate of drug-likeness (QED) is 0.491. The van der Waals surface area contributed by atoms with Crippen LogP contribution < -0.4 is 19.6 Å². The van der Waals surface area contributed by atoms with Crippen molar-refractivity contribution < 1.29 is 19.0 Å². The topological polar surface area (TPSA) is 69.2 Å². The zero-order valence-corrected chi connectivity index (χ0v) is 16.5. The molecule has 0 atom stereocenters. The summed E-state index contributed by atoms with van der Waals surface area (Å²) in [5.74, 6) is 1.06. The van der Waals surface area contributed by atoms with Crippen molar-refractivity contribution in [3.63, 3.8) is 0 Å². The molecule has 0 saturated heterocycles. The number of rotatable bonds is 10. The van der Waals surface area contributed by atoms with Crippen LogP contribution >= 0.6 is 0 Å². The van der Waals surface area contributed by atoms with Crippen LogP contribution in [0.2, 0.25) is 0 Å². The van der Waals surface area contributed by atoms with E-state index in [-0.39, 0.29) is 5.91 Å². The fourth-order valence-corrected chi connectivity index (χ4v) is 2.44. The molecule has 0 heterocycles. The van der Waals surface area contributed by atoms with Crippen LogP contribution in [0.25, 0.3) is 6.08 Å². The Morgan fingerprint density at radius 1 is 0.964 bits per heavy atom. The second kappa shape index (κ2) is 11.4. The number of amides is 1. The second-order valence-corrected chi connectivity index (χ2v) is 5.59. The molecule has 0 fully saturated rings. The predicted molar refractivity (Wildman–Crippen MR) is 111 cm³/mol. The first-order valence-electron chi connectivity index (χ1n) is 9.31. The molecule has 148 valence electrons. The van der Waals surface area contributed by atoms with E-state index in [4.69, 9.17) is 14.2 Å². The van der Waals surface area contributed by atoms with Crippen LogP contribution in [0.5, 0.6) is 17.2 Å². The minimum atomic E-state index is -0.366. The van der Waals surface area contributed by atoms with Gasteiger partial charge in [-0.25, -0.2) is 5.43 Å². The van der Waals surface area contributed by atoms with Crippen LogP contribution in [-0.4, -0.2) is 31.9 Å². The molecule has 28 heavy (non-hydrogen) atoms. The summed E-state index contributed by atoms with van der Waals surface area (Å²) in [5.41, 5.74) is 3.93. The van der Waals surface area contributed by atoms with Gasteiger partial charge in [-0.15, -0.1) is 0 Å². The first kappa shape index (κ1) is 21.0. The molecule has 1 amide bonds. The van der Waals surface area contributed by atoms with Crippen molar-refractivity contribution in [3.05, 3.63) is 59.7 Å². The molecule has 0 aliphatic heterocycles. The molecule has 0 aliphatic carbocycles. The van der Waals surface area contributed by atoms with E-state index in [1.807, 2.05) is 57.2 Å². The van der Waals surface area contributed by atoms with Gasteiger partial charge in [0.2, 0.25) is 5.75 Å². The molecule has 1 N–H and O–H groups in total. The van der Waals surface area contributed by atoms with Gasteiger partial charge in [0.1, 0.15) is 0 Å². The maximum atomic E-state index is 12.5. The van der Waals surface area contributed by atoms with Gasteiger partial charge in [-0.1, -0.05) is 36.4 Å². The maximum absolute atomic E-state index is 12.5. The van der Waals surface area contributed by atoms with Crippen LogP contribution in [0.3, 0.4) is 0 Å². The number of carbonyl (C=O) groups excluding carboxylic acids is 1. The third-order valence-corrected chi connectivity index (χ3v) is 3.59. The van der Waals surface area contributed by atoms with Crippen LogP contribution in [0.1, 0.15) is 36.7 Å². The lowest BCUT2D eigenvalue weighted by Crippen LogP contribution is -2.18. The fraction of sp³-hybridized carbons (Fsp3) is 0.273. The summed E-state index contributed by atoms with van der Waals surface area (Å²) in [4.78, 5) is 12.5. The lowest BCUT2D eigenvalue weighted by molar-refractivity contribution is 0.0954. The summed E-state index contributed by atoms with van der Waals surface area (Å²) in [6.07, 6.45) is 5.17. The van der Waals surface area contributed by atoms with Crippen molar-refractivity contribution in [2.45, 2.75) is 20.8 Å². The normalized spacial score (nSPS) is 11.0. The van der Waals surface area contributed by atoms with E-state index in [9.17, 15) is 4.79 Å². The van der Waals surface area contributed by atoms with Crippen molar-refractivity contribution >= 4 is 18.2 Å². The van der Waals surface area contributed by atoms with E-state index in [0.717, 1.165) is 5.56 Å². The molecule has 0 aromatic heterocycles. The highest BCUT2D eigenvalue weighted by atomic mass is 16.5. The summed E-state index contributed by atoms with van der Waals surface area (Å²) in [6, 6.07) is 13.1. The average molecular weight is 382 g/mol. The molecule has 6 nitrogen and oxygen atoms in total. The number of hydrogen-bond acceptors (Lipinski definition) is 5. The monoisotopic (exact) mass is 382 g/mol. The smallest absolute Gasteiger partial charge is 0.271 e. The Bertz CT molecular complexity index is 790. The number of hydrazone groups is 1.